The predicted octanol–water partition coefficient (Wildman–Crippen LogP) is 2.98. The Balaban J connectivity index is 1.70. The lowest BCUT2D eigenvalue weighted by Crippen LogP contribution is -2.35. The van der Waals surface area contributed by atoms with E-state index in [0.717, 1.165) is 28.8 Å². The van der Waals surface area contributed by atoms with Gasteiger partial charge in [0.2, 0.25) is 5.91 Å². The molecule has 0 spiro atoms. The second-order valence-electron chi connectivity index (χ2n) is 6.23. The zero-order valence-corrected chi connectivity index (χ0v) is 15.7. The lowest BCUT2D eigenvalue weighted by Gasteiger charge is -2.13. The topological polar surface area (TPSA) is 69.0 Å². The Morgan fingerprint density at radius 2 is 2.16 bits per heavy atom. The fraction of sp³-hybridized carbons (Fsp3) is 0.500. The van der Waals surface area contributed by atoms with Gasteiger partial charge in [-0.2, -0.15) is 0 Å². The summed E-state index contributed by atoms with van der Waals surface area (Å²) in [5.41, 5.74) is 0.901. The number of hydrogen-bond donors (Lipinski definition) is 1. The summed E-state index contributed by atoms with van der Waals surface area (Å²) in [5, 5.41) is 12.4. The monoisotopic (exact) mass is 360 g/mol. The summed E-state index contributed by atoms with van der Waals surface area (Å²) in [6, 6.07) is 8.01. The molecule has 1 aliphatic carbocycles. The zero-order valence-electron chi connectivity index (χ0n) is 14.9. The summed E-state index contributed by atoms with van der Waals surface area (Å²) in [5.74, 6) is 2.58. The molecule has 1 aliphatic rings. The molecule has 1 amide bonds. The molecule has 6 nitrogen and oxygen atoms in total. The molecule has 1 atom stereocenters. The lowest BCUT2D eigenvalue weighted by atomic mass is 10.2. The highest BCUT2D eigenvalue weighted by molar-refractivity contribution is 7.99. The van der Waals surface area contributed by atoms with Gasteiger partial charge >= 0.3 is 0 Å². The molecule has 2 aromatic rings. The van der Waals surface area contributed by atoms with Crippen LogP contribution in [-0.4, -0.2) is 39.6 Å². The minimum Gasteiger partial charge on any atom is -0.496 e. The van der Waals surface area contributed by atoms with E-state index in [4.69, 9.17) is 4.74 Å². The zero-order chi connectivity index (χ0) is 17.8. The van der Waals surface area contributed by atoms with Crippen molar-refractivity contribution in [1.82, 2.24) is 20.1 Å². The van der Waals surface area contributed by atoms with Gasteiger partial charge in [0.05, 0.1) is 18.4 Å². The van der Waals surface area contributed by atoms with Crippen molar-refractivity contribution in [3.63, 3.8) is 0 Å². The van der Waals surface area contributed by atoms with Crippen molar-refractivity contribution in [2.75, 3.05) is 12.9 Å². The highest BCUT2D eigenvalue weighted by atomic mass is 32.2. The standard InChI is InChI=1S/C18H24N4O2S/c1-4-22-17(14-7-5-6-8-15(14)24-3)20-21-18(22)25-11-16(23)19-12(2)13-9-10-13/h5-8,12-13H,4,9-11H2,1-3H3,(H,19,23). The third-order valence-corrected chi connectivity index (χ3v) is 5.40. The fourth-order valence-corrected chi connectivity index (χ4v) is 3.66. The third kappa shape index (κ3) is 4.15. The van der Waals surface area contributed by atoms with Gasteiger partial charge in [0.1, 0.15) is 5.75 Å². The molecule has 134 valence electrons. The average molecular weight is 360 g/mol. The van der Waals surface area contributed by atoms with Gasteiger partial charge in [-0.25, -0.2) is 0 Å². The van der Waals surface area contributed by atoms with Gasteiger partial charge in [-0.15, -0.1) is 10.2 Å². The maximum Gasteiger partial charge on any atom is 0.230 e. The van der Waals surface area contributed by atoms with E-state index in [-0.39, 0.29) is 11.9 Å². The quantitative estimate of drug-likeness (QED) is 0.733. The van der Waals surface area contributed by atoms with Crippen LogP contribution in [0.1, 0.15) is 26.7 Å². The normalized spacial score (nSPS) is 15.0. The lowest BCUT2D eigenvalue weighted by molar-refractivity contribution is -0.119. The highest BCUT2D eigenvalue weighted by Gasteiger charge is 2.29. The molecule has 1 aromatic carbocycles. The summed E-state index contributed by atoms with van der Waals surface area (Å²) in [4.78, 5) is 12.1. The third-order valence-electron chi connectivity index (χ3n) is 4.43. The van der Waals surface area contributed by atoms with Gasteiger partial charge < -0.3 is 14.6 Å². The van der Waals surface area contributed by atoms with Crippen LogP contribution in [-0.2, 0) is 11.3 Å². The van der Waals surface area contributed by atoms with E-state index < -0.39 is 0 Å². The van der Waals surface area contributed by atoms with Crippen LogP contribution in [0.3, 0.4) is 0 Å². The Labute approximate surface area is 152 Å². The number of benzene rings is 1. The van der Waals surface area contributed by atoms with Gasteiger partial charge in [0.25, 0.3) is 0 Å². The number of aromatic nitrogens is 3. The molecule has 0 bridgehead atoms. The Hall–Kier alpha value is -2.02. The molecule has 1 fully saturated rings. The molecule has 7 heteroatoms. The number of rotatable bonds is 8. The van der Waals surface area contributed by atoms with Crippen LogP contribution >= 0.6 is 11.8 Å². The average Bonchev–Trinajstić information content (AvgIpc) is 3.40. The van der Waals surface area contributed by atoms with E-state index in [1.54, 1.807) is 7.11 Å². The van der Waals surface area contributed by atoms with Gasteiger partial charge in [-0.05, 0) is 44.7 Å². The van der Waals surface area contributed by atoms with E-state index in [1.807, 2.05) is 35.8 Å². The molecular weight excluding hydrogens is 336 g/mol. The SMILES string of the molecule is CCn1c(SCC(=O)NC(C)C2CC2)nnc1-c1ccccc1OC. The Bertz CT molecular complexity index is 742. The number of para-hydroxylation sites is 1. The van der Waals surface area contributed by atoms with Crippen LogP contribution in [0.2, 0.25) is 0 Å². The Morgan fingerprint density at radius 3 is 2.84 bits per heavy atom. The van der Waals surface area contributed by atoms with Crippen molar-refractivity contribution in [3.8, 4) is 17.1 Å². The van der Waals surface area contributed by atoms with Gasteiger partial charge in [0.15, 0.2) is 11.0 Å². The molecule has 1 heterocycles. The molecule has 0 aliphatic heterocycles. The van der Waals surface area contributed by atoms with Crippen molar-refractivity contribution in [2.45, 2.75) is 44.4 Å². The number of amides is 1. The minimum atomic E-state index is 0.0499. The summed E-state index contributed by atoms with van der Waals surface area (Å²) >= 11 is 1.42. The molecule has 0 radical (unpaired) electrons. The van der Waals surface area contributed by atoms with E-state index in [1.165, 1.54) is 24.6 Å². The van der Waals surface area contributed by atoms with Crippen molar-refractivity contribution in [2.24, 2.45) is 5.92 Å². The molecule has 1 saturated carbocycles. The Kier molecular flexibility index (Phi) is 5.63. The van der Waals surface area contributed by atoms with Crippen molar-refractivity contribution < 1.29 is 9.53 Å². The smallest absolute Gasteiger partial charge is 0.230 e. The fourth-order valence-electron chi connectivity index (χ4n) is 2.85. The van der Waals surface area contributed by atoms with Crippen molar-refractivity contribution >= 4 is 17.7 Å². The van der Waals surface area contributed by atoms with E-state index >= 15 is 0 Å². The number of carbonyl (C=O) groups is 1. The number of ether oxygens (including phenoxy) is 1. The molecule has 1 unspecified atom stereocenters. The molecule has 1 aromatic heterocycles. The van der Waals surface area contributed by atoms with Gasteiger partial charge in [-0.1, -0.05) is 23.9 Å². The number of nitrogens with zero attached hydrogens (tertiary/aromatic N) is 3. The largest absolute Gasteiger partial charge is 0.496 e. The maximum absolute atomic E-state index is 12.1. The van der Waals surface area contributed by atoms with Crippen LogP contribution < -0.4 is 10.1 Å². The summed E-state index contributed by atoms with van der Waals surface area (Å²) in [7, 11) is 1.65. The summed E-state index contributed by atoms with van der Waals surface area (Å²) < 4.78 is 7.44. The van der Waals surface area contributed by atoms with E-state index in [9.17, 15) is 4.79 Å². The molecular formula is C18H24N4O2S. The first kappa shape index (κ1) is 17.8. The molecule has 0 saturated heterocycles. The molecule has 25 heavy (non-hydrogen) atoms. The van der Waals surface area contributed by atoms with Crippen LogP contribution in [0.4, 0.5) is 0 Å². The van der Waals surface area contributed by atoms with Crippen LogP contribution in [0.15, 0.2) is 29.4 Å². The number of carbonyl (C=O) groups excluding carboxylic acids is 1. The number of hydrogen-bond acceptors (Lipinski definition) is 5. The van der Waals surface area contributed by atoms with Crippen LogP contribution in [0.25, 0.3) is 11.4 Å². The van der Waals surface area contributed by atoms with Crippen molar-refractivity contribution in [1.29, 1.82) is 0 Å². The van der Waals surface area contributed by atoms with Gasteiger partial charge in [0, 0.05) is 12.6 Å². The first-order chi connectivity index (χ1) is 12.1. The first-order valence-corrected chi connectivity index (χ1v) is 9.61. The second-order valence-corrected chi connectivity index (χ2v) is 7.18. The number of methoxy groups -OCH3 is 1. The van der Waals surface area contributed by atoms with Crippen molar-refractivity contribution in [3.05, 3.63) is 24.3 Å². The Morgan fingerprint density at radius 1 is 1.40 bits per heavy atom. The number of nitrogens with one attached hydrogen (secondary N) is 1. The predicted molar refractivity (Wildman–Crippen MR) is 98.7 cm³/mol. The molecule has 1 N–H and O–H groups in total. The van der Waals surface area contributed by atoms with Crippen LogP contribution in [0.5, 0.6) is 5.75 Å². The maximum atomic E-state index is 12.1. The number of thioether (sulfide) groups is 1. The van der Waals surface area contributed by atoms with E-state index in [0.29, 0.717) is 11.7 Å². The summed E-state index contributed by atoms with van der Waals surface area (Å²) in [6.45, 7) is 4.85. The first-order valence-electron chi connectivity index (χ1n) is 8.62. The minimum absolute atomic E-state index is 0.0499. The van der Waals surface area contributed by atoms with Crippen LogP contribution in [0, 0.1) is 5.92 Å². The summed E-state index contributed by atoms with van der Waals surface area (Å²) in [6.07, 6.45) is 2.45. The second kappa shape index (κ2) is 7.91. The highest BCUT2D eigenvalue weighted by Crippen LogP contribution is 2.33. The van der Waals surface area contributed by atoms with E-state index in [2.05, 4.69) is 22.4 Å². The van der Waals surface area contributed by atoms with Gasteiger partial charge in [-0.3, -0.25) is 4.79 Å². The molecule has 3 rings (SSSR count).